The molecule has 1 aliphatic rings. The van der Waals surface area contributed by atoms with Crippen molar-refractivity contribution in [2.75, 3.05) is 13.2 Å². The van der Waals surface area contributed by atoms with Crippen molar-refractivity contribution in [3.05, 3.63) is 58.5 Å². The molecule has 0 bridgehead atoms. The molecule has 0 spiro atoms. The zero-order valence-corrected chi connectivity index (χ0v) is 16.5. The second-order valence-corrected chi connectivity index (χ2v) is 7.27. The van der Waals surface area contributed by atoms with Gasteiger partial charge >= 0.3 is 6.09 Å². The van der Waals surface area contributed by atoms with E-state index in [2.05, 4.69) is 6.92 Å². The number of aromatic nitrogens is 1. The molecule has 3 rings (SSSR count). The summed E-state index contributed by atoms with van der Waals surface area (Å²) in [6.45, 7) is 2.85. The van der Waals surface area contributed by atoms with Gasteiger partial charge in [0.15, 0.2) is 0 Å². The number of pyridine rings is 1. The lowest BCUT2D eigenvalue weighted by Crippen LogP contribution is -2.43. The number of carbonyl (C=O) groups is 1. The summed E-state index contributed by atoms with van der Waals surface area (Å²) >= 11 is 0. The van der Waals surface area contributed by atoms with Crippen LogP contribution in [0, 0.1) is 0 Å². The number of aryl methyl sites for hydroxylation is 1. The highest BCUT2D eigenvalue weighted by atomic mass is 16.6. The minimum Gasteiger partial charge on any atom is -0.446 e. The van der Waals surface area contributed by atoms with Gasteiger partial charge in [-0.25, -0.2) is 4.79 Å². The van der Waals surface area contributed by atoms with Crippen LogP contribution in [-0.4, -0.2) is 39.9 Å². The topological polar surface area (TPSA) is 71.8 Å². The number of cyclic esters (lactones) is 1. The molecule has 28 heavy (non-hydrogen) atoms. The van der Waals surface area contributed by atoms with E-state index in [9.17, 15) is 9.59 Å². The fourth-order valence-corrected chi connectivity index (χ4v) is 3.75. The average Bonchev–Trinajstić information content (AvgIpc) is 2.71. The van der Waals surface area contributed by atoms with Crippen LogP contribution in [-0.2, 0) is 11.8 Å². The van der Waals surface area contributed by atoms with Crippen LogP contribution in [0.5, 0.6) is 0 Å². The molecule has 1 amide bonds. The van der Waals surface area contributed by atoms with Crippen molar-refractivity contribution in [1.82, 2.24) is 9.47 Å². The van der Waals surface area contributed by atoms with E-state index >= 15 is 0 Å². The summed E-state index contributed by atoms with van der Waals surface area (Å²) in [5, 5.41) is 8.96. The number of carbonyl (C=O) groups excluding carboxylic acids is 1. The first-order chi connectivity index (χ1) is 13.5. The van der Waals surface area contributed by atoms with Crippen molar-refractivity contribution in [2.45, 2.75) is 44.8 Å². The fraction of sp³-hybridized carbons (Fsp3) is 0.455. The van der Waals surface area contributed by atoms with Crippen LogP contribution in [0.4, 0.5) is 4.79 Å². The van der Waals surface area contributed by atoms with Crippen molar-refractivity contribution in [1.29, 1.82) is 0 Å². The first-order valence-electron chi connectivity index (χ1n) is 9.88. The molecule has 0 radical (unpaired) electrons. The Morgan fingerprint density at radius 2 is 1.86 bits per heavy atom. The van der Waals surface area contributed by atoms with Gasteiger partial charge in [0.25, 0.3) is 0 Å². The minimum atomic E-state index is -0.275. The maximum Gasteiger partial charge on any atom is 0.410 e. The molecule has 1 N–H and O–H groups in total. The van der Waals surface area contributed by atoms with E-state index in [1.165, 1.54) is 0 Å². The number of hydrogen-bond acceptors (Lipinski definition) is 4. The zero-order valence-electron chi connectivity index (χ0n) is 16.5. The van der Waals surface area contributed by atoms with E-state index in [1.54, 1.807) is 22.6 Å². The fourth-order valence-electron chi connectivity index (χ4n) is 3.75. The number of nitrogens with zero attached hydrogens (tertiary/aromatic N) is 2. The molecule has 2 heterocycles. The van der Waals surface area contributed by atoms with Crippen molar-refractivity contribution in [2.24, 2.45) is 7.05 Å². The van der Waals surface area contributed by atoms with Crippen molar-refractivity contribution in [3.63, 3.8) is 0 Å². The van der Waals surface area contributed by atoms with Gasteiger partial charge in [-0.2, -0.15) is 0 Å². The molecule has 2 aromatic rings. The molecule has 0 aliphatic carbocycles. The van der Waals surface area contributed by atoms with Gasteiger partial charge in [0, 0.05) is 38.9 Å². The molecule has 1 saturated heterocycles. The number of aliphatic hydroxyl groups is 1. The number of hydrogen-bond donors (Lipinski definition) is 1. The van der Waals surface area contributed by atoms with E-state index < -0.39 is 0 Å². The maximum absolute atomic E-state index is 12.5. The monoisotopic (exact) mass is 384 g/mol. The number of amides is 1. The van der Waals surface area contributed by atoms with Gasteiger partial charge in [-0.05, 0) is 42.0 Å². The van der Waals surface area contributed by atoms with Gasteiger partial charge in [-0.1, -0.05) is 31.2 Å². The Morgan fingerprint density at radius 1 is 1.14 bits per heavy atom. The van der Waals surface area contributed by atoms with Crippen LogP contribution < -0.4 is 5.56 Å². The molecule has 1 unspecified atom stereocenters. The average molecular weight is 384 g/mol. The Morgan fingerprint density at radius 3 is 2.46 bits per heavy atom. The van der Waals surface area contributed by atoms with Crippen LogP contribution in [0.1, 0.15) is 44.2 Å². The first-order valence-corrected chi connectivity index (χ1v) is 9.88. The third-order valence-corrected chi connectivity index (χ3v) is 5.36. The van der Waals surface area contributed by atoms with E-state index in [0.717, 1.165) is 29.5 Å². The van der Waals surface area contributed by atoms with Crippen LogP contribution in [0.2, 0.25) is 0 Å². The predicted octanol–water partition coefficient (Wildman–Crippen LogP) is 3.49. The van der Waals surface area contributed by atoms with Crippen LogP contribution in [0.15, 0.2) is 47.4 Å². The summed E-state index contributed by atoms with van der Waals surface area (Å²) in [5.74, 6) is 0. The van der Waals surface area contributed by atoms with Crippen molar-refractivity contribution < 1.29 is 14.6 Å². The lowest BCUT2D eigenvalue weighted by Gasteiger charge is -2.37. The second kappa shape index (κ2) is 9.06. The zero-order chi connectivity index (χ0) is 20.1. The van der Waals surface area contributed by atoms with Gasteiger partial charge in [-0.3, -0.25) is 4.79 Å². The third kappa shape index (κ3) is 4.44. The summed E-state index contributed by atoms with van der Waals surface area (Å²) in [6, 6.07) is 11.5. The van der Waals surface area contributed by atoms with Gasteiger partial charge in [0.1, 0.15) is 6.10 Å². The lowest BCUT2D eigenvalue weighted by atomic mass is 9.98. The van der Waals surface area contributed by atoms with Crippen LogP contribution >= 0.6 is 0 Å². The Balaban J connectivity index is 1.73. The molecule has 1 fully saturated rings. The Labute approximate surface area is 165 Å². The molecular weight excluding hydrogens is 356 g/mol. The second-order valence-electron chi connectivity index (χ2n) is 7.27. The van der Waals surface area contributed by atoms with Crippen LogP contribution in [0.25, 0.3) is 11.1 Å². The van der Waals surface area contributed by atoms with Crippen molar-refractivity contribution in [3.8, 4) is 11.1 Å². The molecular formula is C22H28N2O4. The summed E-state index contributed by atoms with van der Waals surface area (Å²) < 4.78 is 7.13. The third-order valence-electron chi connectivity index (χ3n) is 5.36. The maximum atomic E-state index is 12.5. The molecule has 150 valence electrons. The molecule has 2 atom stereocenters. The first kappa shape index (κ1) is 20.1. The lowest BCUT2D eigenvalue weighted by molar-refractivity contribution is 0.00468. The molecule has 6 nitrogen and oxygen atoms in total. The van der Waals surface area contributed by atoms with Gasteiger partial charge in [0.2, 0.25) is 5.56 Å². The predicted molar refractivity (Wildman–Crippen MR) is 108 cm³/mol. The highest BCUT2D eigenvalue weighted by Crippen LogP contribution is 2.30. The Kier molecular flexibility index (Phi) is 6.52. The summed E-state index contributed by atoms with van der Waals surface area (Å²) in [7, 11) is 1.74. The van der Waals surface area contributed by atoms with Gasteiger partial charge in [-0.15, -0.1) is 0 Å². The largest absolute Gasteiger partial charge is 0.446 e. The highest BCUT2D eigenvalue weighted by Gasteiger charge is 2.31. The molecule has 1 aromatic heterocycles. The number of benzene rings is 1. The Bertz CT molecular complexity index is 860. The van der Waals surface area contributed by atoms with E-state index in [0.29, 0.717) is 19.4 Å². The normalized spacial score (nSPS) is 18.0. The SMILES string of the molecule is CCC(c1ccc(-c2ccc(=O)n(C)c2)cc1)N1CC[C@@H](CCCO)OC1=O. The van der Waals surface area contributed by atoms with E-state index in [-0.39, 0.29) is 30.4 Å². The van der Waals surface area contributed by atoms with E-state index in [1.807, 2.05) is 36.5 Å². The smallest absolute Gasteiger partial charge is 0.410 e. The van der Waals surface area contributed by atoms with Gasteiger partial charge in [0.05, 0.1) is 6.04 Å². The number of aliphatic hydroxyl groups excluding tert-OH is 1. The molecule has 1 aromatic carbocycles. The summed E-state index contributed by atoms with van der Waals surface area (Å²) in [4.78, 5) is 25.9. The summed E-state index contributed by atoms with van der Waals surface area (Å²) in [6.07, 6.45) is 4.41. The molecule has 6 heteroatoms. The number of ether oxygens (including phenoxy) is 1. The van der Waals surface area contributed by atoms with Crippen molar-refractivity contribution >= 4 is 6.09 Å². The van der Waals surface area contributed by atoms with Crippen LogP contribution in [0.3, 0.4) is 0 Å². The van der Waals surface area contributed by atoms with Gasteiger partial charge < -0.3 is 19.3 Å². The number of rotatable bonds is 7. The minimum absolute atomic E-state index is 0.0273. The Hall–Kier alpha value is -2.60. The quantitative estimate of drug-likeness (QED) is 0.793. The highest BCUT2D eigenvalue weighted by molar-refractivity contribution is 5.69. The molecule has 0 saturated carbocycles. The standard InChI is InChI=1S/C22H28N2O4/c1-3-20(24-13-12-19(5-4-14-25)28-22(24)27)17-8-6-16(7-9-17)18-10-11-21(26)23(2)15-18/h6-11,15,19-20,25H,3-5,12-14H2,1-2H3/t19-,20?/m1/s1. The van der Waals surface area contributed by atoms with E-state index in [4.69, 9.17) is 9.84 Å². The summed E-state index contributed by atoms with van der Waals surface area (Å²) in [5.41, 5.74) is 3.04. The molecule has 1 aliphatic heterocycles.